The van der Waals surface area contributed by atoms with Gasteiger partial charge in [-0.2, -0.15) is 8.78 Å². The second-order valence-corrected chi connectivity index (χ2v) is 9.05. The number of thioether (sulfide) groups is 1. The van der Waals surface area contributed by atoms with E-state index in [4.69, 9.17) is 0 Å². The second-order valence-electron chi connectivity index (χ2n) is 6.31. The predicted molar refractivity (Wildman–Crippen MR) is 121 cm³/mol. The highest BCUT2D eigenvalue weighted by Gasteiger charge is 2.17. The number of benzene rings is 1. The van der Waals surface area contributed by atoms with Crippen LogP contribution in [-0.4, -0.2) is 27.8 Å². The number of carbonyl (C=O) groups is 1. The molecule has 0 radical (unpaired) electrons. The van der Waals surface area contributed by atoms with E-state index in [0.717, 1.165) is 22.2 Å². The first-order valence-electron chi connectivity index (χ1n) is 8.92. The molecule has 1 N–H and O–H groups in total. The van der Waals surface area contributed by atoms with E-state index in [1.807, 2.05) is 22.9 Å². The van der Waals surface area contributed by atoms with Gasteiger partial charge in [-0.25, -0.2) is 4.98 Å². The summed E-state index contributed by atoms with van der Waals surface area (Å²) in [5.74, 6) is -0.274. The third kappa shape index (κ3) is 4.78. The molecule has 11 heteroatoms. The van der Waals surface area contributed by atoms with Crippen molar-refractivity contribution in [2.45, 2.75) is 11.8 Å². The predicted octanol–water partition coefficient (Wildman–Crippen LogP) is 5.06. The van der Waals surface area contributed by atoms with E-state index in [-0.39, 0.29) is 23.0 Å². The molecule has 0 spiro atoms. The number of aromatic nitrogens is 2. The number of fused-ring (bicyclic) bond motifs is 1. The molecule has 0 aliphatic heterocycles. The third-order valence-corrected chi connectivity index (χ3v) is 7.06. The van der Waals surface area contributed by atoms with Crippen molar-refractivity contribution in [3.63, 3.8) is 0 Å². The van der Waals surface area contributed by atoms with Gasteiger partial charge in [0.15, 0.2) is 5.16 Å². The minimum Gasteiger partial charge on any atom is -0.435 e. The fourth-order valence-electron chi connectivity index (χ4n) is 2.84. The van der Waals surface area contributed by atoms with Gasteiger partial charge < -0.3 is 10.1 Å². The number of nitrogens with one attached hydrogen (secondary N) is 1. The van der Waals surface area contributed by atoms with Crippen LogP contribution < -0.4 is 15.6 Å². The van der Waals surface area contributed by atoms with Crippen LogP contribution in [0, 0.1) is 0 Å². The van der Waals surface area contributed by atoms with Gasteiger partial charge in [0.1, 0.15) is 10.6 Å². The minimum absolute atomic E-state index is 0.00717. The third-order valence-electron chi connectivity index (χ3n) is 4.26. The minimum atomic E-state index is -2.90. The highest BCUT2D eigenvalue weighted by atomic mass is 32.2. The van der Waals surface area contributed by atoms with Gasteiger partial charge in [-0.05, 0) is 35.7 Å². The second kappa shape index (κ2) is 9.16. The summed E-state index contributed by atoms with van der Waals surface area (Å²) in [6.07, 6.45) is 0. The molecule has 3 heterocycles. The fourth-order valence-corrected chi connectivity index (χ4v) is 5.42. The Morgan fingerprint density at radius 2 is 2.03 bits per heavy atom. The maximum Gasteiger partial charge on any atom is 0.387 e. The number of alkyl halides is 2. The molecule has 4 rings (SSSR count). The summed E-state index contributed by atoms with van der Waals surface area (Å²) >= 11 is 4.10. The first-order chi connectivity index (χ1) is 14.9. The van der Waals surface area contributed by atoms with E-state index in [1.54, 1.807) is 18.4 Å². The number of anilines is 1. The van der Waals surface area contributed by atoms with Crippen LogP contribution >= 0.6 is 34.4 Å². The van der Waals surface area contributed by atoms with Crippen LogP contribution in [0.25, 0.3) is 20.7 Å². The lowest BCUT2D eigenvalue weighted by molar-refractivity contribution is -0.113. The zero-order chi connectivity index (χ0) is 22.0. The topological polar surface area (TPSA) is 73.2 Å². The van der Waals surface area contributed by atoms with Crippen LogP contribution in [0.3, 0.4) is 0 Å². The molecule has 0 atom stereocenters. The molecule has 4 aromatic rings. The number of rotatable bonds is 7. The molecule has 0 unspecified atom stereocenters. The van der Waals surface area contributed by atoms with Gasteiger partial charge in [-0.1, -0.05) is 17.8 Å². The van der Waals surface area contributed by atoms with Crippen molar-refractivity contribution in [3.05, 3.63) is 57.5 Å². The van der Waals surface area contributed by atoms with E-state index in [0.29, 0.717) is 21.1 Å². The Morgan fingerprint density at radius 3 is 2.71 bits per heavy atom. The molecule has 6 nitrogen and oxygen atoms in total. The van der Waals surface area contributed by atoms with E-state index < -0.39 is 6.61 Å². The standard InChI is InChI=1S/C20H15F2N3O3S3/c1-25-18(27)16-13(14-3-2-8-29-14)9-30-17(16)24-20(25)31-10-15(26)23-11-4-6-12(7-5-11)28-19(21)22/h2-9,19H,10H2,1H3,(H,23,26). The summed E-state index contributed by atoms with van der Waals surface area (Å²) in [5.41, 5.74) is 1.16. The number of hydrogen-bond acceptors (Lipinski definition) is 7. The molecular formula is C20H15F2N3O3S3. The number of thiophene rings is 2. The van der Waals surface area contributed by atoms with Crippen molar-refractivity contribution in [1.82, 2.24) is 9.55 Å². The van der Waals surface area contributed by atoms with E-state index in [1.165, 1.54) is 40.2 Å². The summed E-state index contributed by atoms with van der Waals surface area (Å²) in [6.45, 7) is -2.90. The zero-order valence-electron chi connectivity index (χ0n) is 16.0. The quantitative estimate of drug-likeness (QED) is 0.296. The van der Waals surface area contributed by atoms with E-state index in [9.17, 15) is 18.4 Å². The highest BCUT2D eigenvalue weighted by molar-refractivity contribution is 7.99. The summed E-state index contributed by atoms with van der Waals surface area (Å²) in [4.78, 5) is 31.4. The van der Waals surface area contributed by atoms with Crippen LogP contribution in [0.1, 0.15) is 0 Å². The lowest BCUT2D eigenvalue weighted by atomic mass is 10.2. The summed E-state index contributed by atoms with van der Waals surface area (Å²) < 4.78 is 30.1. The Morgan fingerprint density at radius 1 is 1.26 bits per heavy atom. The average Bonchev–Trinajstić information content (AvgIpc) is 3.40. The SMILES string of the molecule is Cn1c(SCC(=O)Nc2ccc(OC(F)F)cc2)nc2scc(-c3cccs3)c2c1=O. The van der Waals surface area contributed by atoms with Crippen LogP contribution in [0.4, 0.5) is 14.5 Å². The van der Waals surface area contributed by atoms with Crippen LogP contribution in [-0.2, 0) is 11.8 Å². The number of carbonyl (C=O) groups excluding carboxylic acids is 1. The molecule has 0 aliphatic carbocycles. The molecule has 0 aliphatic rings. The number of amides is 1. The Bertz CT molecular complexity index is 1270. The van der Waals surface area contributed by atoms with Crippen molar-refractivity contribution in [2.75, 3.05) is 11.1 Å². The highest BCUT2D eigenvalue weighted by Crippen LogP contribution is 2.34. The first kappa shape index (κ1) is 21.5. The summed E-state index contributed by atoms with van der Waals surface area (Å²) in [6, 6.07) is 9.52. The number of halogens is 2. The van der Waals surface area contributed by atoms with Gasteiger partial charge >= 0.3 is 6.61 Å². The molecule has 160 valence electrons. The maximum absolute atomic E-state index is 12.9. The Labute approximate surface area is 187 Å². The molecule has 1 amide bonds. The Kier molecular flexibility index (Phi) is 6.35. The number of ether oxygens (including phenoxy) is 1. The molecule has 31 heavy (non-hydrogen) atoms. The van der Waals surface area contributed by atoms with Gasteiger partial charge in [0.2, 0.25) is 5.91 Å². The van der Waals surface area contributed by atoms with Gasteiger partial charge in [0, 0.05) is 28.6 Å². The monoisotopic (exact) mass is 479 g/mol. The van der Waals surface area contributed by atoms with Crippen LogP contribution in [0.5, 0.6) is 5.75 Å². The molecule has 0 bridgehead atoms. The van der Waals surface area contributed by atoms with Crippen molar-refractivity contribution in [1.29, 1.82) is 0 Å². The van der Waals surface area contributed by atoms with Gasteiger partial charge in [-0.3, -0.25) is 14.2 Å². The normalized spacial score (nSPS) is 11.2. The molecular weight excluding hydrogens is 464 g/mol. The van der Waals surface area contributed by atoms with Crippen molar-refractivity contribution in [2.24, 2.45) is 7.05 Å². The maximum atomic E-state index is 12.9. The van der Waals surface area contributed by atoms with E-state index >= 15 is 0 Å². The van der Waals surface area contributed by atoms with E-state index in [2.05, 4.69) is 15.0 Å². The summed E-state index contributed by atoms with van der Waals surface area (Å²) in [5, 5.41) is 7.57. The Balaban J connectivity index is 1.46. The zero-order valence-corrected chi connectivity index (χ0v) is 18.5. The largest absolute Gasteiger partial charge is 0.435 e. The Hall–Kier alpha value is -2.76. The molecule has 0 fully saturated rings. The molecule has 1 aromatic carbocycles. The van der Waals surface area contributed by atoms with Crippen molar-refractivity contribution in [3.8, 4) is 16.2 Å². The molecule has 0 saturated heterocycles. The average molecular weight is 480 g/mol. The van der Waals surface area contributed by atoms with Gasteiger partial charge in [0.25, 0.3) is 5.56 Å². The smallest absolute Gasteiger partial charge is 0.387 e. The van der Waals surface area contributed by atoms with Gasteiger partial charge in [0.05, 0.1) is 11.1 Å². The summed E-state index contributed by atoms with van der Waals surface area (Å²) in [7, 11) is 1.63. The van der Waals surface area contributed by atoms with Crippen LogP contribution in [0.15, 0.2) is 57.1 Å². The number of nitrogens with zero attached hydrogens (tertiary/aromatic N) is 2. The van der Waals surface area contributed by atoms with Gasteiger partial charge in [-0.15, -0.1) is 22.7 Å². The fraction of sp³-hybridized carbons (Fsp3) is 0.150. The van der Waals surface area contributed by atoms with Crippen molar-refractivity contribution >= 4 is 56.2 Å². The number of hydrogen-bond donors (Lipinski definition) is 1. The van der Waals surface area contributed by atoms with Crippen molar-refractivity contribution < 1.29 is 18.3 Å². The lowest BCUT2D eigenvalue weighted by Crippen LogP contribution is -2.21. The van der Waals surface area contributed by atoms with Crippen LogP contribution in [0.2, 0.25) is 0 Å². The molecule has 3 aromatic heterocycles. The lowest BCUT2D eigenvalue weighted by Gasteiger charge is -2.09. The molecule has 0 saturated carbocycles. The first-order valence-corrected chi connectivity index (χ1v) is 11.7.